The first kappa shape index (κ1) is 14.1. The number of nitrogens with zero attached hydrogens (tertiary/aromatic N) is 3. The van der Waals surface area contributed by atoms with E-state index in [2.05, 4.69) is 4.98 Å². The van der Waals surface area contributed by atoms with Crippen LogP contribution in [0.4, 0.5) is 11.4 Å². The van der Waals surface area contributed by atoms with Crippen LogP contribution in [0.25, 0.3) is 10.9 Å². The molecule has 0 aliphatic rings. The topological polar surface area (TPSA) is 62.5 Å². The van der Waals surface area contributed by atoms with Crippen molar-refractivity contribution in [2.75, 3.05) is 37.8 Å². The molecule has 0 unspecified atom stereocenters. The molecule has 2 aromatic rings. The predicted molar refractivity (Wildman–Crippen MR) is 82.7 cm³/mol. The lowest BCUT2D eigenvalue weighted by Gasteiger charge is -2.26. The van der Waals surface area contributed by atoms with Gasteiger partial charge in [0.2, 0.25) is 5.91 Å². The molecule has 5 heteroatoms. The Morgan fingerprint density at radius 3 is 2.65 bits per heavy atom. The van der Waals surface area contributed by atoms with E-state index in [1.165, 1.54) is 0 Å². The summed E-state index contributed by atoms with van der Waals surface area (Å²) >= 11 is 0. The van der Waals surface area contributed by atoms with Gasteiger partial charge in [0.15, 0.2) is 0 Å². The van der Waals surface area contributed by atoms with Gasteiger partial charge in [0.25, 0.3) is 0 Å². The van der Waals surface area contributed by atoms with Crippen molar-refractivity contribution in [3.8, 4) is 0 Å². The molecule has 0 atom stereocenters. The molecule has 20 heavy (non-hydrogen) atoms. The fourth-order valence-electron chi connectivity index (χ4n) is 2.15. The molecule has 1 heterocycles. The maximum atomic E-state index is 12.0. The van der Waals surface area contributed by atoms with Crippen LogP contribution < -0.4 is 10.6 Å². The Labute approximate surface area is 119 Å². The summed E-state index contributed by atoms with van der Waals surface area (Å²) in [7, 11) is 3.51. The molecule has 0 radical (unpaired) electrons. The van der Waals surface area contributed by atoms with Crippen molar-refractivity contribution < 1.29 is 4.79 Å². The first-order chi connectivity index (χ1) is 9.54. The van der Waals surface area contributed by atoms with E-state index in [4.69, 9.17) is 5.73 Å². The van der Waals surface area contributed by atoms with Crippen molar-refractivity contribution in [1.82, 2.24) is 9.88 Å². The highest BCUT2D eigenvalue weighted by atomic mass is 16.2. The highest BCUT2D eigenvalue weighted by Gasteiger charge is 2.16. The summed E-state index contributed by atoms with van der Waals surface area (Å²) in [5, 5.41) is 0.973. The van der Waals surface area contributed by atoms with Crippen LogP contribution in [0.2, 0.25) is 0 Å². The van der Waals surface area contributed by atoms with Crippen molar-refractivity contribution in [1.29, 1.82) is 0 Å². The van der Waals surface area contributed by atoms with Gasteiger partial charge in [0.05, 0.1) is 29.6 Å². The fraction of sp³-hybridized carbons (Fsp3) is 0.333. The van der Waals surface area contributed by atoms with E-state index in [0.29, 0.717) is 18.8 Å². The number of benzene rings is 1. The Morgan fingerprint density at radius 1 is 1.30 bits per heavy atom. The number of hydrogen-bond acceptors (Lipinski definition) is 4. The molecule has 2 N–H and O–H groups in total. The van der Waals surface area contributed by atoms with Gasteiger partial charge in [-0.25, -0.2) is 0 Å². The molecule has 0 spiro atoms. The van der Waals surface area contributed by atoms with Crippen LogP contribution in [-0.2, 0) is 4.79 Å². The lowest BCUT2D eigenvalue weighted by Crippen LogP contribution is -2.37. The molecule has 0 aliphatic carbocycles. The zero-order valence-electron chi connectivity index (χ0n) is 12.1. The van der Waals surface area contributed by atoms with E-state index < -0.39 is 0 Å². The molecular formula is C15H20N4O. The predicted octanol–water partition coefficient (Wildman–Crippen LogP) is 1.73. The molecule has 1 aromatic heterocycles. The van der Waals surface area contributed by atoms with Crippen molar-refractivity contribution in [2.24, 2.45) is 0 Å². The molecule has 0 bridgehead atoms. The minimum Gasteiger partial charge on any atom is -0.396 e. The van der Waals surface area contributed by atoms with Crippen molar-refractivity contribution in [3.63, 3.8) is 0 Å². The molecule has 1 amide bonds. The van der Waals surface area contributed by atoms with Crippen molar-refractivity contribution in [3.05, 3.63) is 30.5 Å². The van der Waals surface area contributed by atoms with E-state index in [0.717, 1.165) is 16.6 Å². The number of fused-ring (bicyclic) bond motifs is 1. The molecule has 0 saturated carbocycles. The molecule has 0 fully saturated rings. The van der Waals surface area contributed by atoms with Crippen LogP contribution in [0, 0.1) is 0 Å². The van der Waals surface area contributed by atoms with E-state index in [1.807, 2.05) is 36.1 Å². The second-order valence-electron chi connectivity index (χ2n) is 4.88. The fourth-order valence-corrected chi connectivity index (χ4v) is 2.15. The molecule has 2 rings (SSSR count). The third-order valence-corrected chi connectivity index (χ3v) is 3.30. The number of carbonyl (C=O) groups is 1. The number of nitrogens with two attached hydrogens (primary N) is 1. The number of amides is 1. The first-order valence-electron chi connectivity index (χ1n) is 6.63. The highest BCUT2D eigenvalue weighted by Crippen LogP contribution is 2.31. The highest BCUT2D eigenvalue weighted by molar-refractivity contribution is 5.98. The summed E-state index contributed by atoms with van der Waals surface area (Å²) in [4.78, 5) is 19.9. The van der Waals surface area contributed by atoms with Gasteiger partial charge >= 0.3 is 0 Å². The van der Waals surface area contributed by atoms with Gasteiger partial charge in [0, 0.05) is 26.0 Å². The summed E-state index contributed by atoms with van der Waals surface area (Å²) in [5.41, 5.74) is 8.44. The van der Waals surface area contributed by atoms with Gasteiger partial charge in [-0.3, -0.25) is 9.78 Å². The zero-order valence-corrected chi connectivity index (χ0v) is 12.1. The first-order valence-corrected chi connectivity index (χ1v) is 6.63. The quantitative estimate of drug-likeness (QED) is 0.920. The third kappa shape index (κ3) is 2.66. The minimum atomic E-state index is 0.0483. The summed E-state index contributed by atoms with van der Waals surface area (Å²) < 4.78 is 0. The summed E-state index contributed by atoms with van der Waals surface area (Å²) in [6.45, 7) is 3.02. The molecule has 1 aromatic carbocycles. The molecule has 5 nitrogen and oxygen atoms in total. The Morgan fingerprint density at radius 2 is 2.00 bits per heavy atom. The maximum absolute atomic E-state index is 12.0. The number of rotatable bonds is 4. The number of hydrogen-bond donors (Lipinski definition) is 1. The summed E-state index contributed by atoms with van der Waals surface area (Å²) in [6, 6.07) is 7.82. The summed E-state index contributed by atoms with van der Waals surface area (Å²) in [5.74, 6) is 0.0483. The molecule has 106 valence electrons. The third-order valence-electron chi connectivity index (χ3n) is 3.30. The molecular weight excluding hydrogens is 252 g/mol. The van der Waals surface area contributed by atoms with Crippen LogP contribution in [0.1, 0.15) is 6.92 Å². The number of carbonyl (C=O) groups excluding carboxylic acids is 1. The van der Waals surface area contributed by atoms with Gasteiger partial charge in [0.1, 0.15) is 0 Å². The van der Waals surface area contributed by atoms with E-state index in [9.17, 15) is 4.79 Å². The average molecular weight is 272 g/mol. The maximum Gasteiger partial charge on any atom is 0.241 e. The van der Waals surface area contributed by atoms with Gasteiger partial charge in [-0.1, -0.05) is 18.2 Å². The lowest BCUT2D eigenvalue weighted by atomic mass is 10.1. The number of para-hydroxylation sites is 1. The van der Waals surface area contributed by atoms with E-state index >= 15 is 0 Å². The monoisotopic (exact) mass is 272 g/mol. The SMILES string of the molecule is CCN(CC(=O)N(C)C)c1c(N)cnc2ccccc12. The number of anilines is 2. The Balaban J connectivity index is 2.48. The molecule has 0 aliphatic heterocycles. The normalized spacial score (nSPS) is 10.6. The summed E-state index contributed by atoms with van der Waals surface area (Å²) in [6.07, 6.45) is 1.65. The molecule has 0 saturated heterocycles. The number of pyridine rings is 1. The Kier molecular flexibility index (Phi) is 4.08. The second-order valence-corrected chi connectivity index (χ2v) is 4.88. The van der Waals surface area contributed by atoms with Crippen molar-refractivity contribution in [2.45, 2.75) is 6.92 Å². The Bertz CT molecular complexity index is 624. The Hall–Kier alpha value is -2.30. The van der Waals surface area contributed by atoms with Crippen LogP contribution >= 0.6 is 0 Å². The van der Waals surface area contributed by atoms with Gasteiger partial charge in [-0.05, 0) is 13.0 Å². The van der Waals surface area contributed by atoms with E-state index in [1.54, 1.807) is 25.2 Å². The lowest BCUT2D eigenvalue weighted by molar-refractivity contribution is -0.127. The standard InChI is InChI=1S/C15H20N4O/c1-4-19(10-14(20)18(2)3)15-11-7-5-6-8-13(11)17-9-12(15)16/h5-9H,4,10,16H2,1-3H3. The number of likely N-dealkylation sites (N-methyl/N-ethyl adjacent to an activating group) is 2. The smallest absolute Gasteiger partial charge is 0.241 e. The van der Waals surface area contributed by atoms with E-state index in [-0.39, 0.29) is 5.91 Å². The van der Waals surface area contributed by atoms with Crippen LogP contribution in [0.5, 0.6) is 0 Å². The van der Waals surface area contributed by atoms with Gasteiger partial charge in [-0.15, -0.1) is 0 Å². The van der Waals surface area contributed by atoms with Gasteiger partial charge in [-0.2, -0.15) is 0 Å². The average Bonchev–Trinajstić information content (AvgIpc) is 2.45. The van der Waals surface area contributed by atoms with Crippen LogP contribution in [0.15, 0.2) is 30.5 Å². The van der Waals surface area contributed by atoms with Crippen LogP contribution in [-0.4, -0.2) is 43.0 Å². The number of nitrogen functional groups attached to an aromatic ring is 1. The van der Waals surface area contributed by atoms with Crippen LogP contribution in [0.3, 0.4) is 0 Å². The van der Waals surface area contributed by atoms with Gasteiger partial charge < -0.3 is 15.5 Å². The zero-order chi connectivity index (χ0) is 14.7. The number of aromatic nitrogens is 1. The minimum absolute atomic E-state index is 0.0483. The van der Waals surface area contributed by atoms with Crippen molar-refractivity contribution >= 4 is 28.2 Å². The largest absolute Gasteiger partial charge is 0.396 e. The second kappa shape index (κ2) is 5.77.